The van der Waals surface area contributed by atoms with Crippen LogP contribution < -0.4 is 4.90 Å². The summed E-state index contributed by atoms with van der Waals surface area (Å²) < 4.78 is 0. The van der Waals surface area contributed by atoms with E-state index in [1.165, 1.54) is 25.7 Å². The van der Waals surface area contributed by atoms with Crippen LogP contribution in [0.15, 0.2) is 0 Å². The van der Waals surface area contributed by atoms with Crippen molar-refractivity contribution in [2.75, 3.05) is 18.0 Å². The molecule has 0 atom stereocenters. The second-order valence-electron chi connectivity index (χ2n) is 7.37. The zero-order chi connectivity index (χ0) is 15.7. The summed E-state index contributed by atoms with van der Waals surface area (Å²) in [7, 11) is 0. The van der Waals surface area contributed by atoms with Gasteiger partial charge < -0.3 is 10.0 Å². The molecule has 1 aromatic heterocycles. The lowest BCUT2D eigenvalue weighted by molar-refractivity contribution is 0.199. The molecule has 0 amide bonds. The van der Waals surface area contributed by atoms with Crippen molar-refractivity contribution < 1.29 is 5.11 Å². The van der Waals surface area contributed by atoms with E-state index in [4.69, 9.17) is 4.98 Å². The van der Waals surface area contributed by atoms with E-state index >= 15 is 0 Å². The SMILES string of the molecule is CCC1(CC)CCN(c2nc(C(C)(C)C)c(CO)s2)CC1. The van der Waals surface area contributed by atoms with E-state index in [1.54, 1.807) is 11.3 Å². The molecule has 2 heterocycles. The Kier molecular flexibility index (Phi) is 4.99. The third-order valence-corrected chi connectivity index (χ3v) is 6.24. The molecular weight excluding hydrogens is 280 g/mol. The van der Waals surface area contributed by atoms with E-state index in [1.807, 2.05) is 0 Å². The van der Waals surface area contributed by atoms with Gasteiger partial charge in [-0.25, -0.2) is 4.98 Å². The summed E-state index contributed by atoms with van der Waals surface area (Å²) >= 11 is 1.67. The summed E-state index contributed by atoms with van der Waals surface area (Å²) in [5.41, 5.74) is 1.60. The van der Waals surface area contributed by atoms with Gasteiger partial charge in [0.2, 0.25) is 0 Å². The molecule has 2 rings (SSSR count). The lowest BCUT2D eigenvalue weighted by Gasteiger charge is -2.41. The predicted octanol–water partition coefficient (Wildman–Crippen LogP) is 4.34. The van der Waals surface area contributed by atoms with Crippen LogP contribution >= 0.6 is 11.3 Å². The van der Waals surface area contributed by atoms with Crippen LogP contribution in [-0.2, 0) is 12.0 Å². The third kappa shape index (κ3) is 3.42. The van der Waals surface area contributed by atoms with Gasteiger partial charge in [-0.1, -0.05) is 58.8 Å². The first kappa shape index (κ1) is 16.8. The second-order valence-corrected chi connectivity index (χ2v) is 8.43. The monoisotopic (exact) mass is 310 g/mol. The molecule has 0 spiro atoms. The van der Waals surface area contributed by atoms with Gasteiger partial charge in [0, 0.05) is 18.5 Å². The van der Waals surface area contributed by atoms with Crippen LogP contribution in [0.4, 0.5) is 5.13 Å². The number of aliphatic hydroxyl groups excluding tert-OH is 1. The molecule has 1 fully saturated rings. The fraction of sp³-hybridized carbons (Fsp3) is 0.824. The Morgan fingerprint density at radius 1 is 1.19 bits per heavy atom. The molecule has 0 radical (unpaired) electrons. The Labute approximate surface area is 133 Å². The average molecular weight is 311 g/mol. The Morgan fingerprint density at radius 2 is 1.76 bits per heavy atom. The van der Waals surface area contributed by atoms with Crippen LogP contribution in [0.25, 0.3) is 0 Å². The molecule has 1 aromatic rings. The van der Waals surface area contributed by atoms with Crippen molar-refractivity contribution in [2.45, 2.75) is 72.3 Å². The summed E-state index contributed by atoms with van der Waals surface area (Å²) in [6, 6.07) is 0. The highest BCUT2D eigenvalue weighted by molar-refractivity contribution is 7.15. The average Bonchev–Trinajstić information content (AvgIpc) is 2.92. The fourth-order valence-corrected chi connectivity index (χ4v) is 4.48. The molecule has 3 nitrogen and oxygen atoms in total. The van der Waals surface area contributed by atoms with Gasteiger partial charge in [0.15, 0.2) is 5.13 Å². The number of nitrogens with zero attached hydrogens (tertiary/aromatic N) is 2. The van der Waals surface area contributed by atoms with Crippen LogP contribution in [0.2, 0.25) is 0 Å². The molecule has 1 N–H and O–H groups in total. The topological polar surface area (TPSA) is 36.4 Å². The molecule has 120 valence electrons. The van der Waals surface area contributed by atoms with Crippen LogP contribution in [0.1, 0.15) is 70.9 Å². The molecule has 0 unspecified atom stereocenters. The third-order valence-electron chi connectivity index (χ3n) is 5.13. The van der Waals surface area contributed by atoms with Crippen molar-refractivity contribution in [3.05, 3.63) is 10.6 Å². The quantitative estimate of drug-likeness (QED) is 0.898. The molecule has 0 saturated carbocycles. The van der Waals surface area contributed by atoms with Crippen molar-refractivity contribution in [1.29, 1.82) is 0 Å². The predicted molar refractivity (Wildman–Crippen MR) is 91.2 cm³/mol. The van der Waals surface area contributed by atoms with E-state index < -0.39 is 0 Å². The fourth-order valence-electron chi connectivity index (χ4n) is 3.30. The highest BCUT2D eigenvalue weighted by Crippen LogP contribution is 2.41. The van der Waals surface area contributed by atoms with Gasteiger partial charge in [-0.2, -0.15) is 0 Å². The molecule has 0 aliphatic carbocycles. The molecule has 0 aromatic carbocycles. The number of thiazole rings is 1. The van der Waals surface area contributed by atoms with Gasteiger partial charge in [-0.15, -0.1) is 0 Å². The highest BCUT2D eigenvalue weighted by Gasteiger charge is 2.33. The summed E-state index contributed by atoms with van der Waals surface area (Å²) in [6.07, 6.45) is 5.09. The molecule has 1 aliphatic rings. The van der Waals surface area contributed by atoms with E-state index in [2.05, 4.69) is 39.5 Å². The van der Waals surface area contributed by atoms with Crippen LogP contribution in [0.5, 0.6) is 0 Å². The van der Waals surface area contributed by atoms with E-state index in [0.717, 1.165) is 28.8 Å². The minimum absolute atomic E-state index is 0.000798. The molecule has 4 heteroatoms. The number of aliphatic hydroxyl groups is 1. The maximum absolute atomic E-state index is 9.60. The smallest absolute Gasteiger partial charge is 0.185 e. The second kappa shape index (κ2) is 6.25. The van der Waals surface area contributed by atoms with E-state index in [-0.39, 0.29) is 12.0 Å². The Morgan fingerprint density at radius 3 is 2.14 bits per heavy atom. The Hall–Kier alpha value is -0.610. The number of rotatable bonds is 4. The summed E-state index contributed by atoms with van der Waals surface area (Å²) in [6.45, 7) is 13.5. The highest BCUT2D eigenvalue weighted by atomic mass is 32.1. The maximum atomic E-state index is 9.60. The first-order chi connectivity index (χ1) is 9.85. The van der Waals surface area contributed by atoms with Crippen LogP contribution in [0, 0.1) is 5.41 Å². The van der Waals surface area contributed by atoms with Gasteiger partial charge in [-0.3, -0.25) is 0 Å². The lowest BCUT2D eigenvalue weighted by Crippen LogP contribution is -2.39. The summed E-state index contributed by atoms with van der Waals surface area (Å²) in [5, 5.41) is 10.7. The number of anilines is 1. The van der Waals surface area contributed by atoms with Crippen molar-refractivity contribution in [3.8, 4) is 0 Å². The molecule has 21 heavy (non-hydrogen) atoms. The van der Waals surface area contributed by atoms with E-state index in [0.29, 0.717) is 5.41 Å². The molecule has 1 saturated heterocycles. The first-order valence-electron chi connectivity index (χ1n) is 8.21. The number of piperidine rings is 1. The minimum atomic E-state index is -0.000798. The number of hydrogen-bond donors (Lipinski definition) is 1. The zero-order valence-electron chi connectivity index (χ0n) is 14.2. The summed E-state index contributed by atoms with van der Waals surface area (Å²) in [5.74, 6) is 0. The van der Waals surface area contributed by atoms with Crippen molar-refractivity contribution in [3.63, 3.8) is 0 Å². The van der Waals surface area contributed by atoms with Crippen LogP contribution in [0.3, 0.4) is 0 Å². The maximum Gasteiger partial charge on any atom is 0.185 e. The van der Waals surface area contributed by atoms with Crippen molar-refractivity contribution in [1.82, 2.24) is 4.98 Å². The zero-order valence-corrected chi connectivity index (χ0v) is 15.0. The lowest BCUT2D eigenvalue weighted by atomic mass is 9.74. The van der Waals surface area contributed by atoms with Gasteiger partial charge in [-0.05, 0) is 18.3 Å². The first-order valence-corrected chi connectivity index (χ1v) is 9.03. The van der Waals surface area contributed by atoms with Crippen molar-refractivity contribution >= 4 is 16.5 Å². The van der Waals surface area contributed by atoms with Crippen LogP contribution in [-0.4, -0.2) is 23.2 Å². The van der Waals surface area contributed by atoms with Gasteiger partial charge in [0.05, 0.1) is 17.2 Å². The molecule has 1 aliphatic heterocycles. The van der Waals surface area contributed by atoms with Gasteiger partial charge in [0.1, 0.15) is 0 Å². The van der Waals surface area contributed by atoms with Gasteiger partial charge in [0.25, 0.3) is 0 Å². The number of aromatic nitrogens is 1. The van der Waals surface area contributed by atoms with Crippen molar-refractivity contribution in [2.24, 2.45) is 5.41 Å². The normalized spacial score (nSPS) is 19.0. The van der Waals surface area contributed by atoms with E-state index in [9.17, 15) is 5.11 Å². The number of hydrogen-bond acceptors (Lipinski definition) is 4. The molecular formula is C17H30N2OS. The largest absolute Gasteiger partial charge is 0.391 e. The molecule has 0 bridgehead atoms. The minimum Gasteiger partial charge on any atom is -0.391 e. The Balaban J connectivity index is 2.16. The summed E-state index contributed by atoms with van der Waals surface area (Å²) in [4.78, 5) is 8.31. The Bertz CT molecular complexity index is 462. The standard InChI is InChI=1S/C17H30N2OS/c1-6-17(7-2)8-10-19(11-9-17)15-18-14(16(3,4)5)13(12-20)21-15/h20H,6-12H2,1-5H3. The van der Waals surface area contributed by atoms with Gasteiger partial charge >= 0.3 is 0 Å².